The van der Waals surface area contributed by atoms with Crippen LogP contribution in [-0.4, -0.2) is 29.6 Å². The highest BCUT2D eigenvalue weighted by Gasteiger charge is 2.61. The fourth-order valence-corrected chi connectivity index (χ4v) is 10.8. The van der Waals surface area contributed by atoms with Crippen molar-refractivity contribution in [3.63, 3.8) is 0 Å². The van der Waals surface area contributed by atoms with Crippen LogP contribution in [0.5, 0.6) is 5.75 Å². The second kappa shape index (κ2) is 12.7. The van der Waals surface area contributed by atoms with Crippen LogP contribution in [-0.2, 0) is 4.79 Å². The van der Waals surface area contributed by atoms with Gasteiger partial charge in [0.05, 0.1) is 12.7 Å². The highest BCUT2D eigenvalue weighted by Crippen LogP contribution is 2.66. The van der Waals surface area contributed by atoms with Crippen LogP contribution in [0, 0.1) is 34.5 Å². The monoisotopic (exact) mass is 563 g/mol. The summed E-state index contributed by atoms with van der Waals surface area (Å²) in [6, 6.07) is 9.94. The molecule has 0 aromatic heterocycles. The predicted octanol–water partition coefficient (Wildman–Crippen LogP) is 8.56. The van der Waals surface area contributed by atoms with Crippen molar-refractivity contribution < 1.29 is 14.6 Å². The van der Waals surface area contributed by atoms with Gasteiger partial charge in [-0.2, -0.15) is 0 Å². The lowest BCUT2D eigenvalue weighted by atomic mass is 9.44. The van der Waals surface area contributed by atoms with Crippen LogP contribution in [0.3, 0.4) is 0 Å². The molecule has 1 aromatic rings. The Morgan fingerprint density at radius 3 is 2.71 bits per heavy atom. The van der Waals surface area contributed by atoms with Crippen molar-refractivity contribution in [2.24, 2.45) is 34.5 Å². The van der Waals surface area contributed by atoms with E-state index in [0.717, 1.165) is 50.2 Å². The van der Waals surface area contributed by atoms with E-state index in [1.165, 1.54) is 82.6 Å². The summed E-state index contributed by atoms with van der Waals surface area (Å²) in [5.74, 6) is 4.13. The molecule has 0 aliphatic heterocycles. The molecule has 6 unspecified atom stereocenters. The van der Waals surface area contributed by atoms with Crippen molar-refractivity contribution in [3.05, 3.63) is 29.8 Å². The number of fused-ring (bicyclic) bond motifs is 5. The van der Waals surface area contributed by atoms with Gasteiger partial charge in [0.15, 0.2) is 0 Å². The van der Waals surface area contributed by atoms with Gasteiger partial charge in [0, 0.05) is 30.3 Å². The normalized spacial score (nSPS) is 38.1. The number of rotatable bonds is 10. The Kier molecular flexibility index (Phi) is 9.18. The summed E-state index contributed by atoms with van der Waals surface area (Å²) in [5.41, 5.74) is 1.71. The number of unbranched alkanes of at least 4 members (excludes halogenated alkanes) is 1. The number of Topliss-reactive ketones (excluding diaryl/α,β-unsaturated/α-hetero) is 1. The molecule has 0 amide bonds. The average Bonchev–Trinajstić information content (AvgIpc) is 3.32. The smallest absolute Gasteiger partial charge is 0.133 e. The summed E-state index contributed by atoms with van der Waals surface area (Å²) >= 11 is 0. The lowest BCUT2D eigenvalue weighted by Crippen LogP contribution is -2.55. The maximum Gasteiger partial charge on any atom is 0.133 e. The molecule has 0 radical (unpaired) electrons. The minimum absolute atomic E-state index is 0.0126. The number of ketones is 1. The van der Waals surface area contributed by atoms with E-state index in [1.807, 2.05) is 0 Å². The Bertz CT molecular complexity index is 1030. The van der Waals surface area contributed by atoms with E-state index < -0.39 is 0 Å². The van der Waals surface area contributed by atoms with E-state index in [0.29, 0.717) is 47.6 Å². The summed E-state index contributed by atoms with van der Waals surface area (Å²) in [6.07, 6.45) is 20.8. The Labute approximate surface area is 249 Å². The second-order valence-corrected chi connectivity index (χ2v) is 15.1. The molecule has 0 spiro atoms. The van der Waals surface area contributed by atoms with E-state index in [9.17, 15) is 9.90 Å². The van der Waals surface area contributed by atoms with Crippen molar-refractivity contribution >= 4 is 5.78 Å². The van der Waals surface area contributed by atoms with Gasteiger partial charge in [-0.25, -0.2) is 0 Å². The first-order chi connectivity index (χ1) is 19.9. The fraction of sp³-hybridized carbons (Fsp3) is 0.811. The Balaban J connectivity index is 1.11. The van der Waals surface area contributed by atoms with Crippen molar-refractivity contribution in [2.45, 2.75) is 148 Å². The molecule has 0 bridgehead atoms. The first kappa shape index (κ1) is 29.7. The lowest BCUT2D eigenvalue weighted by molar-refractivity contribution is -0.145. The number of carbonyl (C=O) groups is 1. The third-order valence-corrected chi connectivity index (χ3v) is 13.1. The number of carbonyl (C=O) groups excluding carboxylic acids is 1. The van der Waals surface area contributed by atoms with Gasteiger partial charge in [0.2, 0.25) is 0 Å². The quantitative estimate of drug-likeness (QED) is 0.299. The standard InChI is InChI=1S/C37H57NO3/c1-3-4-13-34(38-28-10-6-5-7-11-28)26-9-8-12-30(24-26)41-23-22-37-21-19-32-31(33(37)16-17-35(37)40)15-14-27-25-29(39)18-20-36(27,32)2/h8-9,12,24,27-28,31-35,38,40H,3-7,10-11,13-23,25H2,1-2H3/t27?,31?,32?,33?,34?,35?,36-,37+/m0/s1. The number of benzene rings is 1. The number of hydrogen-bond donors (Lipinski definition) is 2. The molecule has 5 aliphatic rings. The third-order valence-electron chi connectivity index (χ3n) is 13.1. The zero-order chi connectivity index (χ0) is 28.5. The summed E-state index contributed by atoms with van der Waals surface area (Å²) in [6.45, 7) is 5.50. The number of aliphatic hydroxyl groups is 1. The lowest BCUT2D eigenvalue weighted by Gasteiger charge is -2.60. The van der Waals surface area contributed by atoms with Crippen LogP contribution in [0.1, 0.15) is 141 Å². The maximum absolute atomic E-state index is 12.3. The molecule has 2 N–H and O–H groups in total. The molecule has 5 saturated carbocycles. The first-order valence-electron chi connectivity index (χ1n) is 17.6. The van der Waals surface area contributed by atoms with E-state index in [4.69, 9.17) is 4.74 Å². The topological polar surface area (TPSA) is 58.6 Å². The molecular formula is C37H57NO3. The number of ether oxygens (including phenoxy) is 1. The maximum atomic E-state index is 12.3. The molecular weight excluding hydrogens is 506 g/mol. The van der Waals surface area contributed by atoms with Crippen LogP contribution in [0.4, 0.5) is 0 Å². The molecule has 5 fully saturated rings. The molecule has 4 nitrogen and oxygen atoms in total. The highest BCUT2D eigenvalue weighted by molar-refractivity contribution is 5.79. The van der Waals surface area contributed by atoms with Crippen molar-refractivity contribution in [1.29, 1.82) is 0 Å². The molecule has 228 valence electrons. The minimum atomic E-state index is -0.194. The second-order valence-electron chi connectivity index (χ2n) is 15.1. The summed E-state index contributed by atoms with van der Waals surface area (Å²) in [4.78, 5) is 12.3. The number of hydrogen-bond acceptors (Lipinski definition) is 4. The minimum Gasteiger partial charge on any atom is -0.494 e. The van der Waals surface area contributed by atoms with Crippen LogP contribution in [0.25, 0.3) is 0 Å². The van der Waals surface area contributed by atoms with Crippen LogP contribution in [0.15, 0.2) is 24.3 Å². The number of nitrogens with one attached hydrogen (secondary N) is 1. The Morgan fingerprint density at radius 2 is 1.88 bits per heavy atom. The molecule has 6 rings (SSSR count). The van der Waals surface area contributed by atoms with Crippen LogP contribution < -0.4 is 10.1 Å². The van der Waals surface area contributed by atoms with Gasteiger partial charge in [-0.15, -0.1) is 0 Å². The summed E-state index contributed by atoms with van der Waals surface area (Å²) in [7, 11) is 0. The number of aliphatic hydroxyl groups excluding tert-OH is 1. The zero-order valence-corrected chi connectivity index (χ0v) is 26.0. The SMILES string of the molecule is CCCCC(NC1CCCCC1)c1cccc(OCC[C@]23CCC4C(CCC5CC(=O)CC[C@@]54C)C2CCC3O)c1. The predicted molar refractivity (Wildman–Crippen MR) is 166 cm³/mol. The van der Waals surface area contributed by atoms with Gasteiger partial charge in [0.25, 0.3) is 0 Å². The van der Waals surface area contributed by atoms with Crippen molar-refractivity contribution in [1.82, 2.24) is 5.32 Å². The first-order valence-corrected chi connectivity index (χ1v) is 17.6. The van der Waals surface area contributed by atoms with E-state index in [-0.39, 0.29) is 11.5 Å². The largest absolute Gasteiger partial charge is 0.494 e. The molecule has 0 saturated heterocycles. The van der Waals surface area contributed by atoms with E-state index >= 15 is 0 Å². The summed E-state index contributed by atoms with van der Waals surface area (Å²) < 4.78 is 6.52. The third kappa shape index (κ3) is 5.91. The molecule has 8 atom stereocenters. The molecule has 4 heteroatoms. The Morgan fingerprint density at radius 1 is 1.02 bits per heavy atom. The molecule has 1 aromatic carbocycles. The van der Waals surface area contributed by atoms with Crippen LogP contribution >= 0.6 is 0 Å². The Hall–Kier alpha value is -1.39. The van der Waals surface area contributed by atoms with Crippen molar-refractivity contribution in [2.75, 3.05) is 6.61 Å². The van der Waals surface area contributed by atoms with Gasteiger partial charge in [-0.1, -0.05) is 58.1 Å². The average molecular weight is 564 g/mol. The van der Waals surface area contributed by atoms with Crippen LogP contribution in [0.2, 0.25) is 0 Å². The van der Waals surface area contributed by atoms with Crippen molar-refractivity contribution in [3.8, 4) is 5.75 Å². The van der Waals surface area contributed by atoms with Gasteiger partial charge in [-0.3, -0.25) is 4.79 Å². The van der Waals surface area contributed by atoms with E-state index in [2.05, 4.69) is 43.4 Å². The zero-order valence-electron chi connectivity index (χ0n) is 26.0. The van der Waals surface area contributed by atoms with Gasteiger partial charge in [0.1, 0.15) is 11.5 Å². The van der Waals surface area contributed by atoms with E-state index in [1.54, 1.807) is 0 Å². The summed E-state index contributed by atoms with van der Waals surface area (Å²) in [5, 5.41) is 15.5. The van der Waals surface area contributed by atoms with Gasteiger partial charge < -0.3 is 15.2 Å². The molecule has 41 heavy (non-hydrogen) atoms. The van der Waals surface area contributed by atoms with Gasteiger partial charge >= 0.3 is 0 Å². The molecule has 5 aliphatic carbocycles. The highest BCUT2D eigenvalue weighted by atomic mass is 16.5. The fourth-order valence-electron chi connectivity index (χ4n) is 10.8. The van der Waals surface area contributed by atoms with Gasteiger partial charge in [-0.05, 0) is 117 Å². The molecule has 0 heterocycles.